The number of halogens is 2. The zero-order valence-corrected chi connectivity index (χ0v) is 11.2. The van der Waals surface area contributed by atoms with E-state index in [1.165, 1.54) is 24.4 Å². The molecule has 21 heavy (non-hydrogen) atoms. The summed E-state index contributed by atoms with van der Waals surface area (Å²) in [5.74, 6) is -2.69. The molecule has 3 N–H and O–H groups in total. The number of nitrogens with two attached hydrogens (primary N) is 1. The lowest BCUT2D eigenvalue weighted by molar-refractivity contribution is 0.0527. The third kappa shape index (κ3) is 3.25. The predicted molar refractivity (Wildman–Crippen MR) is 74.2 cm³/mol. The number of nitrogen functional groups attached to an aromatic ring is 1. The van der Waals surface area contributed by atoms with E-state index in [0.29, 0.717) is 0 Å². The van der Waals surface area contributed by atoms with E-state index in [9.17, 15) is 13.6 Å². The van der Waals surface area contributed by atoms with Crippen LogP contribution in [0.2, 0.25) is 0 Å². The first-order chi connectivity index (χ1) is 10.0. The van der Waals surface area contributed by atoms with Crippen molar-refractivity contribution in [3.05, 3.63) is 47.7 Å². The lowest BCUT2D eigenvalue weighted by Gasteiger charge is -2.11. The van der Waals surface area contributed by atoms with Crippen LogP contribution < -0.4 is 11.1 Å². The second-order valence-corrected chi connectivity index (χ2v) is 4.11. The van der Waals surface area contributed by atoms with Crippen molar-refractivity contribution in [3.8, 4) is 0 Å². The Morgan fingerprint density at radius 1 is 1.43 bits per heavy atom. The number of aromatic nitrogens is 1. The number of ether oxygens (including phenoxy) is 1. The Kier molecular flexibility index (Phi) is 4.32. The van der Waals surface area contributed by atoms with Gasteiger partial charge in [-0.25, -0.2) is 18.6 Å². The smallest absolute Gasteiger partial charge is 0.341 e. The fourth-order valence-corrected chi connectivity index (χ4v) is 1.67. The molecule has 0 aliphatic carbocycles. The third-order valence-corrected chi connectivity index (χ3v) is 2.61. The van der Waals surface area contributed by atoms with Crippen LogP contribution in [0, 0.1) is 11.6 Å². The summed E-state index contributed by atoms with van der Waals surface area (Å²) in [7, 11) is 0. The number of carbonyl (C=O) groups is 1. The molecule has 0 bridgehead atoms. The minimum Gasteiger partial charge on any atom is -0.462 e. The van der Waals surface area contributed by atoms with Crippen molar-refractivity contribution < 1.29 is 18.3 Å². The monoisotopic (exact) mass is 293 g/mol. The van der Waals surface area contributed by atoms with Gasteiger partial charge in [-0.1, -0.05) is 6.07 Å². The summed E-state index contributed by atoms with van der Waals surface area (Å²) in [5.41, 5.74) is 5.73. The fourth-order valence-electron chi connectivity index (χ4n) is 1.67. The van der Waals surface area contributed by atoms with Gasteiger partial charge in [0.05, 0.1) is 24.2 Å². The number of benzene rings is 1. The third-order valence-electron chi connectivity index (χ3n) is 2.61. The van der Waals surface area contributed by atoms with Crippen LogP contribution >= 0.6 is 0 Å². The van der Waals surface area contributed by atoms with E-state index in [0.717, 1.165) is 6.07 Å². The van der Waals surface area contributed by atoms with Crippen molar-refractivity contribution in [1.82, 2.24) is 4.98 Å². The largest absolute Gasteiger partial charge is 0.462 e. The summed E-state index contributed by atoms with van der Waals surface area (Å²) in [4.78, 5) is 15.8. The number of pyridine rings is 1. The maximum atomic E-state index is 13.6. The lowest BCUT2D eigenvalue weighted by Crippen LogP contribution is -2.10. The summed E-state index contributed by atoms with van der Waals surface area (Å²) in [6, 6.07) is 5.00. The molecule has 0 saturated heterocycles. The molecule has 0 saturated carbocycles. The highest BCUT2D eigenvalue weighted by Gasteiger charge is 2.16. The normalized spacial score (nSPS) is 10.2. The number of esters is 1. The Balaban J connectivity index is 2.40. The van der Waals surface area contributed by atoms with Crippen LogP contribution in [0.4, 0.5) is 26.0 Å². The zero-order chi connectivity index (χ0) is 15.4. The highest BCUT2D eigenvalue weighted by atomic mass is 19.2. The van der Waals surface area contributed by atoms with Gasteiger partial charge < -0.3 is 15.8 Å². The summed E-state index contributed by atoms with van der Waals surface area (Å²) in [5, 5.41) is 2.57. The van der Waals surface area contributed by atoms with Crippen molar-refractivity contribution in [2.75, 3.05) is 17.7 Å². The first-order valence-electron chi connectivity index (χ1n) is 6.16. The van der Waals surface area contributed by atoms with Gasteiger partial charge in [0.1, 0.15) is 11.4 Å². The van der Waals surface area contributed by atoms with Gasteiger partial charge >= 0.3 is 5.97 Å². The summed E-state index contributed by atoms with van der Waals surface area (Å²) >= 11 is 0. The first-order valence-corrected chi connectivity index (χ1v) is 6.16. The molecule has 0 amide bonds. The quantitative estimate of drug-likeness (QED) is 0.848. The van der Waals surface area contributed by atoms with Gasteiger partial charge in [-0.3, -0.25) is 0 Å². The maximum absolute atomic E-state index is 13.6. The summed E-state index contributed by atoms with van der Waals surface area (Å²) in [6.07, 6.45) is 1.29. The number of nitrogens with one attached hydrogen (secondary N) is 1. The molecule has 0 aliphatic heterocycles. The highest BCUT2D eigenvalue weighted by molar-refractivity contribution is 5.96. The number of carbonyl (C=O) groups excluding carboxylic acids is 1. The van der Waals surface area contributed by atoms with E-state index in [2.05, 4.69) is 10.3 Å². The topological polar surface area (TPSA) is 77.2 Å². The molecule has 0 aliphatic rings. The van der Waals surface area contributed by atoms with Crippen molar-refractivity contribution in [1.29, 1.82) is 0 Å². The van der Waals surface area contributed by atoms with E-state index in [-0.39, 0.29) is 29.4 Å². The molecule has 7 heteroatoms. The molecule has 1 aromatic heterocycles. The number of hydrogen-bond acceptors (Lipinski definition) is 5. The molecule has 5 nitrogen and oxygen atoms in total. The average molecular weight is 293 g/mol. The van der Waals surface area contributed by atoms with Gasteiger partial charge in [0, 0.05) is 0 Å². The molecular weight excluding hydrogens is 280 g/mol. The van der Waals surface area contributed by atoms with Crippen LogP contribution in [0.15, 0.2) is 30.5 Å². The van der Waals surface area contributed by atoms with Crippen LogP contribution in [0.1, 0.15) is 17.3 Å². The SMILES string of the molecule is CCOC(=O)c1cc(N)cnc1Nc1cccc(F)c1F. The maximum Gasteiger partial charge on any atom is 0.341 e. The number of hydrogen-bond donors (Lipinski definition) is 2. The van der Waals surface area contributed by atoms with Crippen LogP contribution in [-0.2, 0) is 4.74 Å². The Labute approximate surface area is 119 Å². The minimum absolute atomic E-state index is 0.0344. The first kappa shape index (κ1) is 14.7. The molecule has 0 fully saturated rings. The van der Waals surface area contributed by atoms with Crippen LogP contribution in [0.3, 0.4) is 0 Å². The predicted octanol–water partition coefficient (Wildman–Crippen LogP) is 2.86. The van der Waals surface area contributed by atoms with Gasteiger partial charge in [0.2, 0.25) is 0 Å². The summed E-state index contributed by atoms with van der Waals surface area (Å²) in [6.45, 7) is 1.82. The van der Waals surface area contributed by atoms with Crippen LogP contribution in [0.25, 0.3) is 0 Å². The number of nitrogens with zero attached hydrogens (tertiary/aromatic N) is 1. The standard InChI is InChI=1S/C14H13F2N3O2/c1-2-21-14(20)9-6-8(17)7-18-13(9)19-11-5-3-4-10(15)12(11)16/h3-7H,2,17H2,1H3,(H,18,19). The molecule has 0 atom stereocenters. The van der Waals surface area contributed by atoms with Crippen molar-refractivity contribution in [2.24, 2.45) is 0 Å². The Morgan fingerprint density at radius 3 is 2.90 bits per heavy atom. The van der Waals surface area contributed by atoms with Crippen molar-refractivity contribution in [3.63, 3.8) is 0 Å². The molecule has 1 aromatic carbocycles. The molecule has 2 rings (SSSR count). The van der Waals surface area contributed by atoms with Gasteiger partial charge in [-0.15, -0.1) is 0 Å². The molecule has 0 radical (unpaired) electrons. The molecule has 1 heterocycles. The second-order valence-electron chi connectivity index (χ2n) is 4.11. The van der Waals surface area contributed by atoms with Crippen molar-refractivity contribution in [2.45, 2.75) is 6.92 Å². The lowest BCUT2D eigenvalue weighted by atomic mass is 10.2. The van der Waals surface area contributed by atoms with E-state index in [1.807, 2.05) is 0 Å². The van der Waals surface area contributed by atoms with Gasteiger partial charge in [-0.2, -0.15) is 0 Å². The summed E-state index contributed by atoms with van der Waals surface area (Å²) < 4.78 is 31.7. The molecule has 110 valence electrons. The van der Waals surface area contributed by atoms with Gasteiger partial charge in [-0.05, 0) is 25.1 Å². The molecular formula is C14H13F2N3O2. The molecule has 0 unspecified atom stereocenters. The van der Waals surface area contributed by atoms with Crippen LogP contribution in [0.5, 0.6) is 0 Å². The van der Waals surface area contributed by atoms with Crippen molar-refractivity contribution >= 4 is 23.2 Å². The zero-order valence-electron chi connectivity index (χ0n) is 11.2. The van der Waals surface area contributed by atoms with E-state index in [4.69, 9.17) is 10.5 Å². The number of rotatable bonds is 4. The second kappa shape index (κ2) is 6.17. The average Bonchev–Trinajstić information content (AvgIpc) is 2.46. The Morgan fingerprint density at radius 2 is 2.19 bits per heavy atom. The minimum atomic E-state index is -1.06. The van der Waals surface area contributed by atoms with E-state index >= 15 is 0 Å². The van der Waals surface area contributed by atoms with Crippen LogP contribution in [-0.4, -0.2) is 17.6 Å². The Hall–Kier alpha value is -2.70. The highest BCUT2D eigenvalue weighted by Crippen LogP contribution is 2.24. The van der Waals surface area contributed by atoms with Gasteiger partial charge in [0.15, 0.2) is 11.6 Å². The molecule has 0 spiro atoms. The Bertz CT molecular complexity index is 677. The van der Waals surface area contributed by atoms with E-state index < -0.39 is 17.6 Å². The number of anilines is 3. The van der Waals surface area contributed by atoms with Gasteiger partial charge in [0.25, 0.3) is 0 Å². The molecule has 2 aromatic rings. The fraction of sp³-hybridized carbons (Fsp3) is 0.143. The van der Waals surface area contributed by atoms with E-state index in [1.54, 1.807) is 6.92 Å².